The minimum atomic E-state index is -3.76. The van der Waals surface area contributed by atoms with E-state index in [0.717, 1.165) is 48.7 Å². The van der Waals surface area contributed by atoms with Gasteiger partial charge in [-0.05, 0) is 62.1 Å². The van der Waals surface area contributed by atoms with Crippen molar-refractivity contribution in [3.05, 3.63) is 94.1 Å². The molecule has 10 heteroatoms. The summed E-state index contributed by atoms with van der Waals surface area (Å²) in [5, 5.41) is 0. The summed E-state index contributed by atoms with van der Waals surface area (Å²) in [6.45, 7) is 8.14. The molecule has 3 atom stereocenters. The first-order valence-corrected chi connectivity index (χ1v) is 16.6. The maximum Gasteiger partial charge on any atom is 0.178 e. The van der Waals surface area contributed by atoms with Gasteiger partial charge in [0.1, 0.15) is 22.2 Å². The second-order valence-electron chi connectivity index (χ2n) is 11.8. The van der Waals surface area contributed by atoms with E-state index in [4.69, 9.17) is 0 Å². The van der Waals surface area contributed by atoms with Gasteiger partial charge in [-0.3, -0.25) is 14.6 Å². The molecule has 0 unspecified atom stereocenters. The molecule has 1 saturated heterocycles. The number of sulfone groups is 1. The van der Waals surface area contributed by atoms with E-state index in [-0.39, 0.29) is 35.3 Å². The number of carbonyl (C=O) groups excluding carboxylic acids is 1. The summed E-state index contributed by atoms with van der Waals surface area (Å²) in [6.07, 6.45) is 5.39. The van der Waals surface area contributed by atoms with Crippen molar-refractivity contribution in [3.8, 4) is 0 Å². The zero-order valence-electron chi connectivity index (χ0n) is 25.3. The number of hydrogen-bond donors (Lipinski definition) is 0. The highest BCUT2D eigenvalue weighted by Crippen LogP contribution is 2.35. The highest BCUT2D eigenvalue weighted by molar-refractivity contribution is 7.90. The molecule has 0 spiro atoms. The minimum absolute atomic E-state index is 0.0961. The van der Waals surface area contributed by atoms with Crippen LogP contribution < -0.4 is 0 Å². The zero-order chi connectivity index (χ0) is 31.1. The van der Waals surface area contributed by atoms with E-state index in [1.54, 1.807) is 0 Å². The van der Waals surface area contributed by atoms with Gasteiger partial charge in [-0.2, -0.15) is 0 Å². The number of halogens is 2. The van der Waals surface area contributed by atoms with Crippen molar-refractivity contribution in [1.82, 2.24) is 19.8 Å². The predicted octanol–water partition coefficient (Wildman–Crippen LogP) is 4.65. The van der Waals surface area contributed by atoms with E-state index in [1.165, 1.54) is 18.2 Å². The fourth-order valence-corrected chi connectivity index (χ4v) is 7.14. The summed E-state index contributed by atoms with van der Waals surface area (Å²) in [5.41, 5.74) is 3.53. The second kappa shape index (κ2) is 12.3. The topological polar surface area (TPSA) is 83.5 Å². The van der Waals surface area contributed by atoms with Crippen molar-refractivity contribution in [2.75, 3.05) is 26.4 Å². The molecule has 2 aromatic carbocycles. The normalized spacial score (nSPS) is 20.1. The molecule has 0 N–H and O–H groups in total. The Bertz CT molecular complexity index is 1680. The van der Waals surface area contributed by atoms with Crippen molar-refractivity contribution in [2.45, 2.75) is 69.5 Å². The van der Waals surface area contributed by atoms with Gasteiger partial charge in [0, 0.05) is 49.8 Å². The molecule has 228 valence electrons. The lowest BCUT2D eigenvalue weighted by atomic mass is 9.92. The zero-order valence-corrected chi connectivity index (χ0v) is 26.1. The number of rotatable bonds is 9. The number of aromatic nitrogens is 2. The van der Waals surface area contributed by atoms with Crippen LogP contribution in [0.25, 0.3) is 5.57 Å². The van der Waals surface area contributed by atoms with Gasteiger partial charge in [-0.1, -0.05) is 43.3 Å². The number of benzene rings is 2. The third-order valence-electron chi connectivity index (χ3n) is 8.87. The molecule has 7 nitrogen and oxygen atoms in total. The molecule has 2 heterocycles. The maximum absolute atomic E-state index is 15.1. The van der Waals surface area contributed by atoms with Gasteiger partial charge in [0.2, 0.25) is 0 Å². The van der Waals surface area contributed by atoms with Gasteiger partial charge >= 0.3 is 0 Å². The molecular weight excluding hydrogens is 570 g/mol. The Morgan fingerprint density at radius 3 is 2.42 bits per heavy atom. The Balaban J connectivity index is 1.38. The SMILES string of the molecule is CC[C@H](C(=O)Cc1cccc2c1CC=C2c1nc(Cc2cccc(S(C)(=O)=O)c2F)ncc1F)N1C[C@H](C)N(C)[C@@H](C)C1. The van der Waals surface area contributed by atoms with Crippen LogP contribution in [0.2, 0.25) is 0 Å². The summed E-state index contributed by atoms with van der Waals surface area (Å²) in [4.78, 5) is 26.4. The van der Waals surface area contributed by atoms with Gasteiger partial charge < -0.3 is 0 Å². The van der Waals surface area contributed by atoms with Crippen LogP contribution in [-0.2, 0) is 33.9 Å². The highest BCUT2D eigenvalue weighted by Gasteiger charge is 2.33. The van der Waals surface area contributed by atoms with E-state index >= 15 is 4.39 Å². The smallest absolute Gasteiger partial charge is 0.178 e. The molecule has 5 rings (SSSR count). The van der Waals surface area contributed by atoms with Gasteiger partial charge in [-0.15, -0.1) is 0 Å². The first-order valence-electron chi connectivity index (χ1n) is 14.7. The first kappa shape index (κ1) is 31.1. The lowest BCUT2D eigenvalue weighted by Gasteiger charge is -2.45. The number of ketones is 1. The fraction of sp³-hybridized carbons (Fsp3) is 0.424. The van der Waals surface area contributed by atoms with Gasteiger partial charge in [0.25, 0.3) is 0 Å². The average molecular weight is 609 g/mol. The Labute approximate surface area is 252 Å². The van der Waals surface area contributed by atoms with E-state index in [9.17, 15) is 17.6 Å². The van der Waals surface area contributed by atoms with Gasteiger partial charge in [0.05, 0.1) is 12.2 Å². The van der Waals surface area contributed by atoms with Crippen molar-refractivity contribution in [1.29, 1.82) is 0 Å². The van der Waals surface area contributed by atoms with Crippen LogP contribution >= 0.6 is 0 Å². The van der Waals surface area contributed by atoms with Gasteiger partial charge in [0.15, 0.2) is 21.4 Å². The van der Waals surface area contributed by atoms with E-state index in [1.807, 2.05) is 24.3 Å². The quantitative estimate of drug-likeness (QED) is 0.350. The van der Waals surface area contributed by atoms with E-state index < -0.39 is 26.4 Å². The van der Waals surface area contributed by atoms with Crippen molar-refractivity contribution < 1.29 is 22.0 Å². The molecule has 1 fully saturated rings. The maximum atomic E-state index is 15.1. The van der Waals surface area contributed by atoms with Crippen molar-refractivity contribution in [3.63, 3.8) is 0 Å². The van der Waals surface area contributed by atoms with Crippen LogP contribution in [0, 0.1) is 11.6 Å². The van der Waals surface area contributed by atoms with Crippen LogP contribution in [0.4, 0.5) is 8.78 Å². The van der Waals surface area contributed by atoms with Crippen LogP contribution in [-0.4, -0.2) is 78.5 Å². The lowest BCUT2D eigenvalue weighted by Crippen LogP contribution is -2.59. The molecule has 2 aliphatic rings. The minimum Gasteiger partial charge on any atom is -0.298 e. The fourth-order valence-electron chi connectivity index (χ4n) is 6.35. The molecule has 0 bridgehead atoms. The Morgan fingerprint density at radius 2 is 1.74 bits per heavy atom. The molecule has 0 radical (unpaired) electrons. The van der Waals surface area contributed by atoms with Crippen molar-refractivity contribution in [2.24, 2.45) is 0 Å². The van der Waals surface area contributed by atoms with E-state index in [0.29, 0.717) is 30.5 Å². The Kier molecular flexibility index (Phi) is 8.92. The number of carbonyl (C=O) groups is 1. The summed E-state index contributed by atoms with van der Waals surface area (Å²) in [7, 11) is -1.63. The molecule has 0 amide bonds. The number of hydrogen-bond acceptors (Lipinski definition) is 7. The standard InChI is InChI=1S/C33H38F2N4O3S/c1-6-28(39-18-20(2)38(4)21(3)19-39)29(40)15-22-9-7-11-25-24(22)13-14-26(25)33-27(34)17-36-31(37-33)16-23-10-8-12-30(32(23)35)43(5,41)42/h7-12,14,17,20-21,28H,6,13,15-16,18-19H2,1-5H3/t20-,21-,28+/m0/s1. The average Bonchev–Trinajstić information content (AvgIpc) is 3.38. The molecule has 1 aliphatic heterocycles. The number of piperazine rings is 1. The van der Waals surface area contributed by atoms with Crippen LogP contribution in [0.3, 0.4) is 0 Å². The van der Waals surface area contributed by atoms with Crippen molar-refractivity contribution >= 4 is 21.2 Å². The lowest BCUT2D eigenvalue weighted by molar-refractivity contribution is -0.125. The Hall–Kier alpha value is -3.34. The number of nitrogens with zero attached hydrogens (tertiary/aromatic N) is 4. The van der Waals surface area contributed by atoms with E-state index in [2.05, 4.69) is 47.6 Å². The Morgan fingerprint density at radius 1 is 1.07 bits per heavy atom. The number of fused-ring (bicyclic) bond motifs is 1. The first-order chi connectivity index (χ1) is 20.4. The number of allylic oxidation sites excluding steroid dienone is 1. The summed E-state index contributed by atoms with van der Waals surface area (Å²) >= 11 is 0. The molecule has 1 aromatic heterocycles. The van der Waals surface area contributed by atoms with Crippen LogP contribution in [0.1, 0.15) is 61.0 Å². The van der Waals surface area contributed by atoms with Crippen LogP contribution in [0.5, 0.6) is 0 Å². The van der Waals surface area contributed by atoms with Gasteiger partial charge in [-0.25, -0.2) is 27.2 Å². The highest BCUT2D eigenvalue weighted by atomic mass is 32.2. The predicted molar refractivity (Wildman–Crippen MR) is 163 cm³/mol. The third-order valence-corrected chi connectivity index (χ3v) is 9.98. The molecule has 1 aliphatic carbocycles. The largest absolute Gasteiger partial charge is 0.298 e. The van der Waals surface area contributed by atoms with Crippen LogP contribution in [0.15, 0.2) is 53.6 Å². The second-order valence-corrected chi connectivity index (χ2v) is 13.8. The molecule has 0 saturated carbocycles. The molecule has 43 heavy (non-hydrogen) atoms. The summed E-state index contributed by atoms with van der Waals surface area (Å²) in [6, 6.07) is 10.5. The summed E-state index contributed by atoms with van der Waals surface area (Å²) in [5.74, 6) is -1.12. The molecule has 3 aromatic rings. The summed E-state index contributed by atoms with van der Waals surface area (Å²) < 4.78 is 54.0. The number of likely N-dealkylation sites (N-methyl/N-ethyl adjacent to an activating group) is 1. The third kappa shape index (κ3) is 6.32. The number of Topliss-reactive ketones (excluding diaryl/α,β-unsaturated/α-hetero) is 1. The monoisotopic (exact) mass is 608 g/mol. The molecular formula is C33H38F2N4O3S.